The number of nitrogens with one attached hydrogen (secondary N) is 1. The molecule has 1 heterocycles. The highest BCUT2D eigenvalue weighted by Gasteiger charge is 2.01. The summed E-state index contributed by atoms with van der Waals surface area (Å²) in [6.45, 7) is 1.87. The molecule has 1 aromatic rings. The van der Waals surface area contributed by atoms with Gasteiger partial charge in [-0.05, 0) is 5.75 Å². The van der Waals surface area contributed by atoms with Crippen molar-refractivity contribution >= 4 is 17.7 Å². The van der Waals surface area contributed by atoms with Crippen molar-refractivity contribution in [1.29, 1.82) is 0 Å². The third-order valence-corrected chi connectivity index (χ3v) is 1.97. The first-order valence-electron chi connectivity index (χ1n) is 3.59. The molecule has 0 atom stereocenters. The number of carboxylic acid groups (broad SMARTS) is 1. The topological polar surface area (TPSA) is 85.9 Å². The summed E-state index contributed by atoms with van der Waals surface area (Å²) in [7, 11) is 0. The fraction of sp³-hybridized carbons (Fsp3) is 0.286. The van der Waals surface area contributed by atoms with E-state index in [4.69, 9.17) is 0 Å². The van der Waals surface area contributed by atoms with Gasteiger partial charge < -0.3 is 14.9 Å². The zero-order chi connectivity index (χ0) is 9.84. The number of aromatic nitrogens is 2. The summed E-state index contributed by atoms with van der Waals surface area (Å²) in [5.41, 5.74) is -0.815. The Balaban J connectivity index is 3.11. The highest BCUT2D eigenvalue weighted by molar-refractivity contribution is 7.99. The molecule has 0 radical (unpaired) electrons. The molecular formula is C7H7N2O3S-. The van der Waals surface area contributed by atoms with E-state index >= 15 is 0 Å². The van der Waals surface area contributed by atoms with E-state index in [1.54, 1.807) is 0 Å². The number of aromatic carboxylic acids is 1. The third kappa shape index (κ3) is 2.59. The number of aromatic amines is 1. The van der Waals surface area contributed by atoms with Crippen LogP contribution in [0, 0.1) is 0 Å². The van der Waals surface area contributed by atoms with E-state index in [2.05, 4.69) is 9.97 Å². The third-order valence-electron chi connectivity index (χ3n) is 1.21. The van der Waals surface area contributed by atoms with Gasteiger partial charge in [0.15, 0.2) is 5.16 Å². The molecule has 0 amide bonds. The zero-order valence-electron chi connectivity index (χ0n) is 6.86. The average Bonchev–Trinajstić information content (AvgIpc) is 2.03. The molecule has 13 heavy (non-hydrogen) atoms. The highest BCUT2D eigenvalue weighted by Crippen LogP contribution is 2.09. The maximum atomic E-state index is 10.9. The molecule has 0 saturated carbocycles. The molecule has 0 unspecified atom stereocenters. The van der Waals surface area contributed by atoms with Crippen molar-refractivity contribution in [3.05, 3.63) is 22.1 Å². The van der Waals surface area contributed by atoms with Gasteiger partial charge in [0.1, 0.15) is 0 Å². The predicted octanol–water partition coefficient (Wildman–Crippen LogP) is -0.755. The van der Waals surface area contributed by atoms with Gasteiger partial charge in [0, 0.05) is 6.07 Å². The second kappa shape index (κ2) is 4.08. The minimum Gasteiger partial charge on any atom is -0.543 e. The SMILES string of the molecule is CCSc1nc(C(=O)[O-])cc(=O)[nH]1. The second-order valence-corrected chi connectivity index (χ2v) is 3.41. The van der Waals surface area contributed by atoms with E-state index < -0.39 is 11.5 Å². The van der Waals surface area contributed by atoms with Gasteiger partial charge in [0.2, 0.25) is 0 Å². The Labute approximate surface area is 78.2 Å². The summed E-state index contributed by atoms with van der Waals surface area (Å²) in [6, 6.07) is 0.898. The first-order chi connectivity index (χ1) is 6.13. The molecule has 70 valence electrons. The van der Waals surface area contributed by atoms with E-state index in [0.717, 1.165) is 6.07 Å². The average molecular weight is 199 g/mol. The first kappa shape index (κ1) is 9.79. The Hall–Kier alpha value is -1.30. The molecule has 0 spiro atoms. The molecule has 0 fully saturated rings. The van der Waals surface area contributed by atoms with Crippen LogP contribution in [-0.2, 0) is 0 Å². The number of H-pyrrole nitrogens is 1. The lowest BCUT2D eigenvalue weighted by Crippen LogP contribution is -2.26. The Morgan fingerprint density at radius 2 is 2.46 bits per heavy atom. The van der Waals surface area contributed by atoms with E-state index in [0.29, 0.717) is 10.9 Å². The Morgan fingerprint density at radius 1 is 1.77 bits per heavy atom. The number of hydrogen-bond acceptors (Lipinski definition) is 5. The number of nitrogens with zero attached hydrogens (tertiary/aromatic N) is 1. The monoisotopic (exact) mass is 199 g/mol. The van der Waals surface area contributed by atoms with E-state index in [1.807, 2.05) is 6.92 Å². The molecule has 0 aliphatic rings. The number of thioether (sulfide) groups is 1. The maximum absolute atomic E-state index is 10.9. The maximum Gasteiger partial charge on any atom is 0.252 e. The molecule has 5 nitrogen and oxygen atoms in total. The largest absolute Gasteiger partial charge is 0.543 e. The van der Waals surface area contributed by atoms with Crippen molar-refractivity contribution < 1.29 is 9.90 Å². The fourth-order valence-electron chi connectivity index (χ4n) is 0.745. The van der Waals surface area contributed by atoms with Crippen LogP contribution in [-0.4, -0.2) is 21.7 Å². The van der Waals surface area contributed by atoms with Crippen LogP contribution >= 0.6 is 11.8 Å². The first-order valence-corrected chi connectivity index (χ1v) is 4.57. The number of carbonyl (C=O) groups is 1. The Kier molecular flexibility index (Phi) is 3.07. The van der Waals surface area contributed by atoms with Gasteiger partial charge in [-0.25, -0.2) is 4.98 Å². The number of hydrogen-bond donors (Lipinski definition) is 1. The van der Waals surface area contributed by atoms with Crippen LogP contribution < -0.4 is 10.7 Å². The summed E-state index contributed by atoms with van der Waals surface area (Å²) in [4.78, 5) is 27.3. The molecule has 6 heteroatoms. The molecule has 0 aliphatic heterocycles. The molecule has 0 aliphatic carbocycles. The van der Waals surface area contributed by atoms with Crippen LogP contribution in [0.4, 0.5) is 0 Å². The van der Waals surface area contributed by atoms with Crippen molar-refractivity contribution in [2.75, 3.05) is 5.75 Å². The zero-order valence-corrected chi connectivity index (χ0v) is 7.68. The van der Waals surface area contributed by atoms with Crippen molar-refractivity contribution in [2.24, 2.45) is 0 Å². The van der Waals surface area contributed by atoms with Crippen LogP contribution in [0.2, 0.25) is 0 Å². The molecule has 0 aromatic carbocycles. The van der Waals surface area contributed by atoms with Crippen molar-refractivity contribution in [3.8, 4) is 0 Å². The quantitative estimate of drug-likeness (QED) is 0.511. The molecule has 1 aromatic heterocycles. The lowest BCUT2D eigenvalue weighted by molar-refractivity contribution is -0.255. The van der Waals surface area contributed by atoms with Crippen molar-refractivity contribution in [3.63, 3.8) is 0 Å². The minimum absolute atomic E-state index is 0.300. The van der Waals surface area contributed by atoms with Crippen molar-refractivity contribution in [2.45, 2.75) is 12.1 Å². The summed E-state index contributed by atoms with van der Waals surface area (Å²) in [5.74, 6) is -0.733. The van der Waals surface area contributed by atoms with Gasteiger partial charge in [-0.1, -0.05) is 18.7 Å². The second-order valence-electron chi connectivity index (χ2n) is 2.16. The highest BCUT2D eigenvalue weighted by atomic mass is 32.2. The van der Waals surface area contributed by atoms with Gasteiger partial charge in [-0.2, -0.15) is 0 Å². The van der Waals surface area contributed by atoms with Crippen LogP contribution in [0.5, 0.6) is 0 Å². The smallest absolute Gasteiger partial charge is 0.252 e. The van der Waals surface area contributed by atoms with Crippen LogP contribution in [0.3, 0.4) is 0 Å². The number of carbonyl (C=O) groups excluding carboxylic acids is 1. The summed E-state index contributed by atoms with van der Waals surface area (Å²) in [6.07, 6.45) is 0. The normalized spacial score (nSPS) is 9.92. The molecule has 1 N–H and O–H groups in total. The minimum atomic E-state index is -1.44. The summed E-state index contributed by atoms with van der Waals surface area (Å²) >= 11 is 1.26. The van der Waals surface area contributed by atoms with Crippen LogP contribution in [0.15, 0.2) is 16.0 Å². The van der Waals surface area contributed by atoms with Gasteiger partial charge in [-0.15, -0.1) is 0 Å². The standard InChI is InChI=1S/C7H8N2O3S/c1-2-13-7-8-4(6(11)12)3-5(10)9-7/h3H,2H2,1H3,(H,11,12)(H,8,9,10)/p-1. The van der Waals surface area contributed by atoms with Crippen LogP contribution in [0.25, 0.3) is 0 Å². The number of rotatable bonds is 3. The summed E-state index contributed by atoms with van der Waals surface area (Å²) in [5, 5.41) is 10.7. The van der Waals surface area contributed by atoms with Crippen molar-refractivity contribution in [1.82, 2.24) is 9.97 Å². The van der Waals surface area contributed by atoms with Gasteiger partial charge in [0.25, 0.3) is 5.56 Å². The van der Waals surface area contributed by atoms with Gasteiger partial charge in [-0.3, -0.25) is 4.79 Å². The van der Waals surface area contributed by atoms with Gasteiger partial charge in [0.05, 0.1) is 11.7 Å². The summed E-state index contributed by atoms with van der Waals surface area (Å²) < 4.78 is 0. The van der Waals surface area contributed by atoms with E-state index in [9.17, 15) is 14.7 Å². The van der Waals surface area contributed by atoms with E-state index in [1.165, 1.54) is 11.8 Å². The van der Waals surface area contributed by atoms with Crippen LogP contribution in [0.1, 0.15) is 17.4 Å². The molecule has 0 bridgehead atoms. The van der Waals surface area contributed by atoms with E-state index in [-0.39, 0.29) is 5.69 Å². The Morgan fingerprint density at radius 3 is 3.00 bits per heavy atom. The molecular weight excluding hydrogens is 192 g/mol. The van der Waals surface area contributed by atoms with Gasteiger partial charge >= 0.3 is 0 Å². The molecule has 1 rings (SSSR count). The lowest BCUT2D eigenvalue weighted by atomic mass is 10.4. The number of carboxylic acids is 1. The Bertz CT molecular complexity index is 374. The fourth-order valence-corrected chi connectivity index (χ4v) is 1.35. The predicted molar refractivity (Wildman–Crippen MR) is 45.6 cm³/mol. The lowest BCUT2D eigenvalue weighted by Gasteiger charge is -2.02. The molecule has 0 saturated heterocycles.